The molecule has 1 aromatic carbocycles. The molecular weight excluding hydrogens is 372 g/mol. The van der Waals surface area contributed by atoms with Crippen LogP contribution in [0, 0.1) is 6.92 Å². The number of benzene rings is 1. The Hall–Kier alpha value is -0.940. The molecule has 1 unspecified atom stereocenters. The smallest absolute Gasteiger partial charge is 0.216 e. The molecule has 19 heavy (non-hydrogen) atoms. The van der Waals surface area contributed by atoms with E-state index in [1.54, 1.807) is 7.11 Å². The normalized spacial score (nSPS) is 12.2. The van der Waals surface area contributed by atoms with E-state index < -0.39 is 0 Å². The summed E-state index contributed by atoms with van der Waals surface area (Å²) in [6, 6.07) is 8.11. The molecule has 0 aliphatic heterocycles. The van der Waals surface area contributed by atoms with Crippen molar-refractivity contribution in [1.82, 2.24) is 9.97 Å². The van der Waals surface area contributed by atoms with Crippen LogP contribution in [0.4, 0.5) is 0 Å². The van der Waals surface area contributed by atoms with Crippen molar-refractivity contribution < 1.29 is 4.74 Å². The predicted octanol–water partition coefficient (Wildman–Crippen LogP) is 4.23. The molecular formula is C14H14Br2N2O. The zero-order chi connectivity index (χ0) is 13.8. The summed E-state index contributed by atoms with van der Waals surface area (Å²) in [6.07, 6.45) is 2.31. The van der Waals surface area contributed by atoms with E-state index in [1.165, 1.54) is 17.5 Å². The Balaban J connectivity index is 2.20. The lowest BCUT2D eigenvalue weighted by Crippen LogP contribution is -2.01. The van der Waals surface area contributed by atoms with Crippen LogP contribution >= 0.6 is 31.9 Å². The molecule has 0 fully saturated rings. The fraction of sp³-hybridized carbons (Fsp3) is 0.286. The van der Waals surface area contributed by atoms with E-state index in [0.717, 1.165) is 16.6 Å². The van der Waals surface area contributed by atoms with Gasteiger partial charge in [0.1, 0.15) is 6.33 Å². The van der Waals surface area contributed by atoms with Crippen LogP contribution < -0.4 is 4.74 Å². The van der Waals surface area contributed by atoms with Crippen molar-refractivity contribution in [1.29, 1.82) is 0 Å². The Morgan fingerprint density at radius 3 is 2.84 bits per heavy atom. The number of alkyl halides is 1. The lowest BCUT2D eigenvalue weighted by atomic mass is 10.1. The summed E-state index contributed by atoms with van der Waals surface area (Å²) in [5.41, 5.74) is 3.39. The van der Waals surface area contributed by atoms with Gasteiger partial charge in [0.15, 0.2) is 0 Å². The highest BCUT2D eigenvalue weighted by atomic mass is 79.9. The predicted molar refractivity (Wildman–Crippen MR) is 82.8 cm³/mol. The molecule has 5 heteroatoms. The van der Waals surface area contributed by atoms with E-state index in [-0.39, 0.29) is 4.83 Å². The molecule has 0 N–H and O–H groups in total. The van der Waals surface area contributed by atoms with Gasteiger partial charge in [0.2, 0.25) is 5.88 Å². The molecule has 0 spiro atoms. The average molecular weight is 386 g/mol. The summed E-state index contributed by atoms with van der Waals surface area (Å²) in [7, 11) is 1.61. The van der Waals surface area contributed by atoms with Crippen LogP contribution in [0.5, 0.6) is 5.88 Å². The van der Waals surface area contributed by atoms with Crippen molar-refractivity contribution in [2.75, 3.05) is 7.11 Å². The first kappa shape index (κ1) is 14.5. The van der Waals surface area contributed by atoms with E-state index in [2.05, 4.69) is 67.0 Å². The molecule has 0 aliphatic carbocycles. The minimum absolute atomic E-state index is 0.196. The highest BCUT2D eigenvalue weighted by Gasteiger charge is 2.14. The molecule has 0 bridgehead atoms. The number of rotatable bonds is 4. The standard InChI is InChI=1S/C14H14Br2N2O/c1-9-4-3-5-11(14(9)16)12(15)6-10-7-13(19-2)18-8-17-10/h3-5,7-8,12H,6H2,1-2H3. The third-order valence-electron chi connectivity index (χ3n) is 2.86. The van der Waals surface area contributed by atoms with Gasteiger partial charge in [0, 0.05) is 27.5 Å². The maximum Gasteiger partial charge on any atom is 0.216 e. The SMILES string of the molecule is COc1cc(CC(Br)c2cccc(C)c2Br)ncn1. The molecule has 2 aromatic rings. The quantitative estimate of drug-likeness (QED) is 0.738. The Bertz CT molecular complexity index is 575. The number of nitrogens with zero attached hydrogens (tertiary/aromatic N) is 2. The first-order valence-electron chi connectivity index (χ1n) is 5.86. The fourth-order valence-corrected chi connectivity index (χ4v) is 3.37. The van der Waals surface area contributed by atoms with Gasteiger partial charge in [-0.2, -0.15) is 0 Å². The zero-order valence-electron chi connectivity index (χ0n) is 10.7. The minimum atomic E-state index is 0.196. The summed E-state index contributed by atoms with van der Waals surface area (Å²) >= 11 is 7.36. The second-order valence-electron chi connectivity index (χ2n) is 4.20. The maximum atomic E-state index is 5.11. The Labute approximate surface area is 129 Å². The van der Waals surface area contributed by atoms with E-state index in [0.29, 0.717) is 5.88 Å². The molecule has 100 valence electrons. The first-order chi connectivity index (χ1) is 9.11. The summed E-state index contributed by atoms with van der Waals surface area (Å²) in [5, 5.41) is 0. The van der Waals surface area contributed by atoms with Gasteiger partial charge in [0.05, 0.1) is 7.11 Å². The van der Waals surface area contributed by atoms with Crippen molar-refractivity contribution in [3.05, 3.63) is 51.9 Å². The molecule has 2 rings (SSSR count). The van der Waals surface area contributed by atoms with Crippen molar-refractivity contribution in [3.8, 4) is 5.88 Å². The number of halogens is 2. The highest BCUT2D eigenvalue weighted by Crippen LogP contribution is 2.34. The Morgan fingerprint density at radius 1 is 1.32 bits per heavy atom. The van der Waals surface area contributed by atoms with Gasteiger partial charge in [-0.3, -0.25) is 0 Å². The van der Waals surface area contributed by atoms with Gasteiger partial charge in [-0.05, 0) is 18.1 Å². The topological polar surface area (TPSA) is 35.0 Å². The lowest BCUT2D eigenvalue weighted by molar-refractivity contribution is 0.396. The number of aryl methyl sites for hydroxylation is 1. The van der Waals surface area contributed by atoms with Crippen molar-refractivity contribution in [2.45, 2.75) is 18.2 Å². The third kappa shape index (κ3) is 3.54. The van der Waals surface area contributed by atoms with E-state index in [1.807, 2.05) is 6.07 Å². The second-order valence-corrected chi connectivity index (χ2v) is 6.10. The van der Waals surface area contributed by atoms with Crippen LogP contribution in [0.3, 0.4) is 0 Å². The Kier molecular flexibility index (Phi) is 4.93. The van der Waals surface area contributed by atoms with E-state index >= 15 is 0 Å². The molecule has 1 aromatic heterocycles. The third-order valence-corrected chi connectivity index (χ3v) is 4.76. The van der Waals surface area contributed by atoms with Crippen LogP contribution in [0.25, 0.3) is 0 Å². The number of hydrogen-bond donors (Lipinski definition) is 0. The van der Waals surface area contributed by atoms with Gasteiger partial charge in [-0.25, -0.2) is 9.97 Å². The summed E-state index contributed by atoms with van der Waals surface area (Å²) < 4.78 is 6.25. The zero-order valence-corrected chi connectivity index (χ0v) is 13.9. The van der Waals surface area contributed by atoms with Crippen LogP contribution in [0.1, 0.15) is 21.6 Å². The number of aromatic nitrogens is 2. The van der Waals surface area contributed by atoms with Gasteiger partial charge in [-0.1, -0.05) is 50.1 Å². The summed E-state index contributed by atoms with van der Waals surface area (Å²) in [6.45, 7) is 2.08. The summed E-state index contributed by atoms with van der Waals surface area (Å²) in [4.78, 5) is 8.48. The largest absolute Gasteiger partial charge is 0.481 e. The monoisotopic (exact) mass is 384 g/mol. The Morgan fingerprint density at radius 2 is 2.11 bits per heavy atom. The van der Waals surface area contributed by atoms with E-state index in [4.69, 9.17) is 4.74 Å². The first-order valence-corrected chi connectivity index (χ1v) is 7.56. The highest BCUT2D eigenvalue weighted by molar-refractivity contribution is 9.11. The van der Waals surface area contributed by atoms with Crippen molar-refractivity contribution >= 4 is 31.9 Å². The fourth-order valence-electron chi connectivity index (χ4n) is 1.81. The number of methoxy groups -OCH3 is 1. The maximum absolute atomic E-state index is 5.11. The second kappa shape index (κ2) is 6.48. The molecule has 0 amide bonds. The molecule has 0 saturated carbocycles. The molecule has 0 saturated heterocycles. The number of ether oxygens (including phenoxy) is 1. The van der Waals surface area contributed by atoms with Gasteiger partial charge in [0.25, 0.3) is 0 Å². The molecule has 0 aliphatic rings. The van der Waals surface area contributed by atoms with Crippen molar-refractivity contribution in [2.24, 2.45) is 0 Å². The van der Waals surface area contributed by atoms with Crippen LogP contribution in [0.2, 0.25) is 0 Å². The van der Waals surface area contributed by atoms with Crippen molar-refractivity contribution in [3.63, 3.8) is 0 Å². The minimum Gasteiger partial charge on any atom is -0.481 e. The lowest BCUT2D eigenvalue weighted by Gasteiger charge is -2.13. The number of hydrogen-bond acceptors (Lipinski definition) is 3. The molecule has 1 heterocycles. The summed E-state index contributed by atoms with van der Waals surface area (Å²) in [5.74, 6) is 0.591. The van der Waals surface area contributed by atoms with Crippen LogP contribution in [-0.4, -0.2) is 17.1 Å². The van der Waals surface area contributed by atoms with Gasteiger partial charge in [-0.15, -0.1) is 0 Å². The van der Waals surface area contributed by atoms with Gasteiger partial charge < -0.3 is 4.74 Å². The molecule has 3 nitrogen and oxygen atoms in total. The average Bonchev–Trinajstić information content (AvgIpc) is 2.42. The van der Waals surface area contributed by atoms with Gasteiger partial charge >= 0.3 is 0 Å². The van der Waals surface area contributed by atoms with Crippen LogP contribution in [-0.2, 0) is 6.42 Å². The van der Waals surface area contributed by atoms with Crippen LogP contribution in [0.15, 0.2) is 35.1 Å². The molecule has 0 radical (unpaired) electrons. The molecule has 1 atom stereocenters. The van der Waals surface area contributed by atoms with E-state index in [9.17, 15) is 0 Å².